The molecule has 1 aliphatic rings. The van der Waals surface area contributed by atoms with E-state index in [2.05, 4.69) is 17.0 Å². The van der Waals surface area contributed by atoms with Gasteiger partial charge in [0.25, 0.3) is 5.69 Å². The molecule has 2 aromatic carbocycles. The number of rotatable bonds is 6. The summed E-state index contributed by atoms with van der Waals surface area (Å²) in [5.41, 5.74) is 1.05. The summed E-state index contributed by atoms with van der Waals surface area (Å²) >= 11 is 0. The minimum absolute atomic E-state index is 0.0237. The first-order chi connectivity index (χ1) is 12.5. The highest BCUT2D eigenvalue weighted by Crippen LogP contribution is 2.22. The van der Waals surface area contributed by atoms with Crippen LogP contribution in [0.3, 0.4) is 0 Å². The molecule has 1 saturated heterocycles. The molecule has 2 aromatic rings. The standard InChI is InChI=1S/C18H21N3O4S/c22-21(23)17-7-4-8-18(15-17)26(24,25)20-13-11-19(12-14-20)10-9-16-5-2-1-3-6-16/h1-8,15H,9-14H2. The summed E-state index contributed by atoms with van der Waals surface area (Å²) in [6.07, 6.45) is 0.929. The van der Waals surface area contributed by atoms with Crippen LogP contribution < -0.4 is 0 Å². The molecule has 1 heterocycles. The van der Waals surface area contributed by atoms with Crippen molar-refractivity contribution in [2.45, 2.75) is 11.3 Å². The molecule has 0 radical (unpaired) electrons. The minimum Gasteiger partial charge on any atom is -0.300 e. The van der Waals surface area contributed by atoms with Gasteiger partial charge in [-0.15, -0.1) is 0 Å². The van der Waals surface area contributed by atoms with E-state index in [-0.39, 0.29) is 10.6 Å². The van der Waals surface area contributed by atoms with E-state index in [0.717, 1.165) is 19.0 Å². The van der Waals surface area contributed by atoms with Crippen molar-refractivity contribution in [1.29, 1.82) is 0 Å². The monoisotopic (exact) mass is 375 g/mol. The van der Waals surface area contributed by atoms with E-state index < -0.39 is 14.9 Å². The molecule has 8 heteroatoms. The molecule has 138 valence electrons. The number of sulfonamides is 1. The minimum atomic E-state index is -3.71. The average molecular weight is 375 g/mol. The lowest BCUT2D eigenvalue weighted by molar-refractivity contribution is -0.385. The largest absolute Gasteiger partial charge is 0.300 e. The van der Waals surface area contributed by atoms with Gasteiger partial charge in [0.15, 0.2) is 0 Å². The highest BCUT2D eigenvalue weighted by atomic mass is 32.2. The van der Waals surface area contributed by atoms with Gasteiger partial charge in [0.05, 0.1) is 9.82 Å². The Morgan fingerprint density at radius 1 is 0.962 bits per heavy atom. The van der Waals surface area contributed by atoms with E-state index in [4.69, 9.17) is 0 Å². The Balaban J connectivity index is 1.60. The lowest BCUT2D eigenvalue weighted by Gasteiger charge is -2.33. The van der Waals surface area contributed by atoms with Gasteiger partial charge in [-0.2, -0.15) is 4.31 Å². The Morgan fingerprint density at radius 2 is 1.65 bits per heavy atom. The number of nitrogens with zero attached hydrogens (tertiary/aromatic N) is 3. The average Bonchev–Trinajstić information content (AvgIpc) is 2.67. The summed E-state index contributed by atoms with van der Waals surface area (Å²) in [5.74, 6) is 0. The molecule has 0 saturated carbocycles. The predicted octanol–water partition coefficient (Wildman–Crippen LogP) is 2.14. The molecular weight excluding hydrogens is 354 g/mol. The summed E-state index contributed by atoms with van der Waals surface area (Å²) in [6.45, 7) is 2.97. The highest BCUT2D eigenvalue weighted by molar-refractivity contribution is 7.89. The maximum Gasteiger partial charge on any atom is 0.270 e. The summed E-state index contributed by atoms with van der Waals surface area (Å²) in [4.78, 5) is 12.5. The van der Waals surface area contributed by atoms with Gasteiger partial charge in [0.1, 0.15) is 0 Å². The summed E-state index contributed by atoms with van der Waals surface area (Å²) < 4.78 is 26.9. The summed E-state index contributed by atoms with van der Waals surface area (Å²) in [7, 11) is -3.71. The van der Waals surface area contributed by atoms with Crippen molar-refractivity contribution in [3.63, 3.8) is 0 Å². The van der Waals surface area contributed by atoms with Crippen molar-refractivity contribution in [2.24, 2.45) is 0 Å². The fourth-order valence-corrected chi connectivity index (χ4v) is 4.49. The number of nitro groups is 1. The van der Waals surface area contributed by atoms with E-state index in [9.17, 15) is 18.5 Å². The van der Waals surface area contributed by atoms with E-state index in [1.54, 1.807) is 0 Å². The van der Waals surface area contributed by atoms with Crippen LogP contribution in [0.4, 0.5) is 5.69 Å². The first-order valence-electron chi connectivity index (χ1n) is 8.48. The Kier molecular flexibility index (Phi) is 5.65. The Bertz CT molecular complexity index is 863. The molecule has 0 unspecified atom stereocenters. The normalized spacial score (nSPS) is 16.5. The molecule has 0 bridgehead atoms. The van der Waals surface area contributed by atoms with Crippen molar-refractivity contribution in [1.82, 2.24) is 9.21 Å². The number of hydrogen-bond donors (Lipinski definition) is 0. The van der Waals surface area contributed by atoms with Gasteiger partial charge < -0.3 is 4.90 Å². The van der Waals surface area contributed by atoms with Gasteiger partial charge in [-0.3, -0.25) is 10.1 Å². The summed E-state index contributed by atoms with van der Waals surface area (Å²) in [6, 6.07) is 15.4. The van der Waals surface area contributed by atoms with Crippen molar-refractivity contribution < 1.29 is 13.3 Å². The number of piperazine rings is 1. The topological polar surface area (TPSA) is 83.8 Å². The molecule has 0 N–H and O–H groups in total. The van der Waals surface area contributed by atoms with Gasteiger partial charge in [-0.25, -0.2) is 8.42 Å². The molecule has 7 nitrogen and oxygen atoms in total. The molecular formula is C18H21N3O4S. The van der Waals surface area contributed by atoms with Gasteiger partial charge in [0, 0.05) is 44.9 Å². The Morgan fingerprint density at radius 3 is 2.31 bits per heavy atom. The zero-order chi connectivity index (χ0) is 18.6. The number of benzene rings is 2. The number of hydrogen-bond acceptors (Lipinski definition) is 5. The highest BCUT2D eigenvalue weighted by Gasteiger charge is 2.29. The lowest BCUT2D eigenvalue weighted by Crippen LogP contribution is -2.49. The van der Waals surface area contributed by atoms with Crippen LogP contribution in [0.15, 0.2) is 59.5 Å². The molecule has 3 rings (SSSR count). The van der Waals surface area contributed by atoms with E-state index in [1.807, 2.05) is 18.2 Å². The second-order valence-electron chi connectivity index (χ2n) is 6.24. The fourth-order valence-electron chi connectivity index (χ4n) is 3.03. The third kappa shape index (κ3) is 4.27. The van der Waals surface area contributed by atoms with Crippen LogP contribution in [0.1, 0.15) is 5.56 Å². The van der Waals surface area contributed by atoms with Crippen molar-refractivity contribution in [2.75, 3.05) is 32.7 Å². The molecule has 0 amide bonds. The molecule has 0 aromatic heterocycles. The summed E-state index contributed by atoms with van der Waals surface area (Å²) in [5, 5.41) is 10.9. The van der Waals surface area contributed by atoms with Gasteiger partial charge in [-0.05, 0) is 18.1 Å². The van der Waals surface area contributed by atoms with Crippen LogP contribution in [0.2, 0.25) is 0 Å². The molecule has 0 atom stereocenters. The molecule has 1 aliphatic heterocycles. The zero-order valence-electron chi connectivity index (χ0n) is 14.3. The number of nitro benzene ring substituents is 1. The fraction of sp³-hybridized carbons (Fsp3) is 0.333. The molecule has 1 fully saturated rings. The van der Waals surface area contributed by atoms with Crippen LogP contribution in [-0.2, 0) is 16.4 Å². The van der Waals surface area contributed by atoms with Crippen molar-refractivity contribution in [3.05, 3.63) is 70.3 Å². The molecule has 0 spiro atoms. The first-order valence-corrected chi connectivity index (χ1v) is 9.92. The first kappa shape index (κ1) is 18.5. The second kappa shape index (κ2) is 7.94. The van der Waals surface area contributed by atoms with Crippen LogP contribution >= 0.6 is 0 Å². The third-order valence-corrected chi connectivity index (χ3v) is 6.45. The Labute approximate surface area is 153 Å². The Hall–Kier alpha value is -2.29. The lowest BCUT2D eigenvalue weighted by atomic mass is 10.1. The van der Waals surface area contributed by atoms with E-state index in [0.29, 0.717) is 26.2 Å². The van der Waals surface area contributed by atoms with E-state index >= 15 is 0 Å². The van der Waals surface area contributed by atoms with Crippen LogP contribution in [0.25, 0.3) is 0 Å². The zero-order valence-corrected chi connectivity index (χ0v) is 15.1. The van der Waals surface area contributed by atoms with Gasteiger partial charge in [-0.1, -0.05) is 36.4 Å². The van der Waals surface area contributed by atoms with Crippen molar-refractivity contribution >= 4 is 15.7 Å². The second-order valence-corrected chi connectivity index (χ2v) is 8.17. The SMILES string of the molecule is O=[N+]([O-])c1cccc(S(=O)(=O)N2CCN(CCc3ccccc3)CC2)c1. The van der Waals surface area contributed by atoms with E-state index in [1.165, 1.54) is 28.1 Å². The maximum atomic E-state index is 12.7. The predicted molar refractivity (Wildman–Crippen MR) is 98.4 cm³/mol. The van der Waals surface area contributed by atoms with Gasteiger partial charge in [0.2, 0.25) is 10.0 Å². The van der Waals surface area contributed by atoms with Crippen LogP contribution in [0.5, 0.6) is 0 Å². The smallest absolute Gasteiger partial charge is 0.270 e. The maximum absolute atomic E-state index is 12.7. The van der Waals surface area contributed by atoms with Crippen LogP contribution in [-0.4, -0.2) is 55.3 Å². The number of non-ortho nitro benzene ring substituents is 1. The quantitative estimate of drug-likeness (QED) is 0.571. The van der Waals surface area contributed by atoms with Crippen LogP contribution in [0, 0.1) is 10.1 Å². The van der Waals surface area contributed by atoms with Gasteiger partial charge >= 0.3 is 0 Å². The van der Waals surface area contributed by atoms with Crippen molar-refractivity contribution in [3.8, 4) is 0 Å². The molecule has 0 aliphatic carbocycles. The molecule has 26 heavy (non-hydrogen) atoms. The third-order valence-electron chi connectivity index (χ3n) is 4.56.